The minimum Gasteiger partial charge on any atom is -0.316 e. The lowest BCUT2D eigenvalue weighted by molar-refractivity contribution is 0.242. The van der Waals surface area contributed by atoms with Crippen molar-refractivity contribution in [3.8, 4) is 0 Å². The minimum absolute atomic E-state index is 0.0186. The Labute approximate surface area is 125 Å². The summed E-state index contributed by atoms with van der Waals surface area (Å²) in [6, 6.07) is 3.74. The zero-order valence-electron chi connectivity index (χ0n) is 12.4. The highest BCUT2D eigenvalue weighted by Gasteiger charge is 2.25. The van der Waals surface area contributed by atoms with E-state index in [-0.39, 0.29) is 10.9 Å². The van der Waals surface area contributed by atoms with Crippen LogP contribution in [0.15, 0.2) is 23.1 Å². The summed E-state index contributed by atoms with van der Waals surface area (Å²) in [5.74, 6) is -0.545. The summed E-state index contributed by atoms with van der Waals surface area (Å²) >= 11 is 0. The Balaban J connectivity index is 2.24. The predicted octanol–water partition coefficient (Wildman–Crippen LogP) is 0.918. The van der Waals surface area contributed by atoms with Crippen molar-refractivity contribution in [1.82, 2.24) is 14.9 Å². The molecule has 1 fully saturated rings. The molecule has 0 amide bonds. The Hall–Kier alpha value is -1.02. The van der Waals surface area contributed by atoms with E-state index in [1.807, 2.05) is 7.05 Å². The molecule has 118 valence electrons. The van der Waals surface area contributed by atoms with Gasteiger partial charge in [0.1, 0.15) is 5.82 Å². The van der Waals surface area contributed by atoms with Crippen LogP contribution in [0.4, 0.5) is 4.39 Å². The number of piperidine rings is 1. The van der Waals surface area contributed by atoms with Crippen LogP contribution in [0.25, 0.3) is 0 Å². The molecule has 1 heterocycles. The van der Waals surface area contributed by atoms with Gasteiger partial charge in [0.25, 0.3) is 0 Å². The second kappa shape index (κ2) is 6.83. The second-order valence-corrected chi connectivity index (χ2v) is 7.19. The highest BCUT2D eigenvalue weighted by Crippen LogP contribution is 2.19. The van der Waals surface area contributed by atoms with Gasteiger partial charge >= 0.3 is 0 Å². The van der Waals surface area contributed by atoms with Gasteiger partial charge in [-0.15, -0.1) is 0 Å². The molecule has 21 heavy (non-hydrogen) atoms. The fourth-order valence-corrected chi connectivity index (χ4v) is 4.17. The van der Waals surface area contributed by atoms with E-state index in [1.54, 1.807) is 7.05 Å². The molecule has 1 aromatic rings. The van der Waals surface area contributed by atoms with E-state index in [2.05, 4.69) is 14.9 Å². The lowest BCUT2D eigenvalue weighted by Gasteiger charge is -2.30. The Morgan fingerprint density at radius 1 is 1.43 bits per heavy atom. The zero-order chi connectivity index (χ0) is 15.5. The van der Waals surface area contributed by atoms with Gasteiger partial charge in [-0.3, -0.25) is 0 Å². The van der Waals surface area contributed by atoms with Crippen molar-refractivity contribution in [3.05, 3.63) is 29.6 Å². The number of hydrogen-bond acceptors (Lipinski definition) is 4. The number of rotatable bonds is 5. The lowest BCUT2D eigenvalue weighted by atomic mass is 10.1. The molecule has 1 aromatic carbocycles. The predicted molar refractivity (Wildman–Crippen MR) is 80.0 cm³/mol. The molecule has 1 unspecified atom stereocenters. The molecule has 0 radical (unpaired) electrons. The third-order valence-corrected chi connectivity index (χ3v) is 5.23. The number of nitrogens with one attached hydrogen (secondary N) is 2. The maximum absolute atomic E-state index is 13.4. The van der Waals surface area contributed by atoms with Gasteiger partial charge < -0.3 is 10.2 Å². The smallest absolute Gasteiger partial charge is 0.241 e. The van der Waals surface area contributed by atoms with Gasteiger partial charge in [-0.25, -0.2) is 17.5 Å². The van der Waals surface area contributed by atoms with E-state index in [9.17, 15) is 12.8 Å². The highest BCUT2D eigenvalue weighted by molar-refractivity contribution is 7.89. The molecule has 2 N–H and O–H groups in total. The Bertz CT molecular complexity index is 592. The van der Waals surface area contributed by atoms with Crippen LogP contribution in [0.2, 0.25) is 0 Å². The number of hydrogen-bond donors (Lipinski definition) is 2. The average Bonchev–Trinajstić information content (AvgIpc) is 2.40. The molecule has 1 saturated heterocycles. The van der Waals surface area contributed by atoms with E-state index in [0.29, 0.717) is 18.7 Å². The van der Waals surface area contributed by atoms with Crippen LogP contribution in [0.3, 0.4) is 0 Å². The van der Waals surface area contributed by atoms with Crippen molar-refractivity contribution in [2.24, 2.45) is 0 Å². The molecule has 0 spiro atoms. The molecule has 1 aliphatic heterocycles. The first kappa shape index (κ1) is 16.4. The molecule has 0 bridgehead atoms. The fourth-order valence-electron chi connectivity index (χ4n) is 2.66. The topological polar surface area (TPSA) is 61.4 Å². The van der Waals surface area contributed by atoms with Gasteiger partial charge in [-0.2, -0.15) is 0 Å². The standard InChI is InChI=1S/C14H22FN3O2S/c1-16-9-11-5-6-12(15)8-14(11)21(19,20)17-13-4-3-7-18(2)10-13/h5-6,8,13,16-17H,3-4,7,9-10H2,1-2H3. The second-order valence-electron chi connectivity index (χ2n) is 5.51. The summed E-state index contributed by atoms with van der Waals surface area (Å²) in [5, 5.41) is 2.90. The third-order valence-electron chi connectivity index (χ3n) is 3.63. The van der Waals surface area contributed by atoms with Crippen molar-refractivity contribution in [1.29, 1.82) is 0 Å². The number of halogens is 1. The number of benzene rings is 1. The Morgan fingerprint density at radius 2 is 2.19 bits per heavy atom. The lowest BCUT2D eigenvalue weighted by Crippen LogP contribution is -2.46. The monoisotopic (exact) mass is 315 g/mol. The van der Waals surface area contributed by atoms with Gasteiger partial charge in [-0.1, -0.05) is 6.07 Å². The maximum Gasteiger partial charge on any atom is 0.241 e. The normalized spacial score (nSPS) is 20.6. The SMILES string of the molecule is CNCc1ccc(F)cc1S(=O)(=O)NC1CCCN(C)C1. The molecular formula is C14H22FN3O2S. The molecule has 5 nitrogen and oxygen atoms in total. The number of nitrogens with zero attached hydrogens (tertiary/aromatic N) is 1. The van der Waals surface area contributed by atoms with Crippen molar-refractivity contribution >= 4 is 10.0 Å². The largest absolute Gasteiger partial charge is 0.316 e. The minimum atomic E-state index is -3.72. The summed E-state index contributed by atoms with van der Waals surface area (Å²) < 4.78 is 41.2. The molecule has 0 saturated carbocycles. The third kappa shape index (κ3) is 4.23. The molecular weight excluding hydrogens is 293 g/mol. The Morgan fingerprint density at radius 3 is 2.86 bits per heavy atom. The average molecular weight is 315 g/mol. The van der Waals surface area contributed by atoms with Crippen molar-refractivity contribution in [2.75, 3.05) is 27.2 Å². The van der Waals surface area contributed by atoms with Gasteiger partial charge in [0.15, 0.2) is 0 Å². The van der Waals surface area contributed by atoms with Crippen LogP contribution in [-0.2, 0) is 16.6 Å². The molecule has 1 aliphatic rings. The van der Waals surface area contributed by atoms with Crippen LogP contribution in [0.5, 0.6) is 0 Å². The summed E-state index contributed by atoms with van der Waals surface area (Å²) in [6.07, 6.45) is 1.76. The van der Waals surface area contributed by atoms with Crippen molar-refractivity contribution in [3.63, 3.8) is 0 Å². The van der Waals surface area contributed by atoms with E-state index in [4.69, 9.17) is 0 Å². The molecule has 7 heteroatoms. The van der Waals surface area contributed by atoms with Crippen LogP contribution >= 0.6 is 0 Å². The van der Waals surface area contributed by atoms with E-state index >= 15 is 0 Å². The molecule has 0 aromatic heterocycles. The van der Waals surface area contributed by atoms with E-state index < -0.39 is 15.8 Å². The van der Waals surface area contributed by atoms with Crippen LogP contribution in [0.1, 0.15) is 18.4 Å². The van der Waals surface area contributed by atoms with Gasteiger partial charge in [0, 0.05) is 19.1 Å². The van der Waals surface area contributed by atoms with E-state index in [0.717, 1.165) is 25.5 Å². The van der Waals surface area contributed by atoms with Crippen LogP contribution < -0.4 is 10.0 Å². The van der Waals surface area contributed by atoms with Crippen molar-refractivity contribution in [2.45, 2.75) is 30.3 Å². The summed E-state index contributed by atoms with van der Waals surface area (Å²) in [5.41, 5.74) is 0.565. The maximum atomic E-state index is 13.4. The molecule has 0 aliphatic carbocycles. The number of sulfonamides is 1. The summed E-state index contributed by atoms with van der Waals surface area (Å²) in [6.45, 7) is 2.03. The highest BCUT2D eigenvalue weighted by atomic mass is 32.2. The fraction of sp³-hybridized carbons (Fsp3) is 0.571. The quantitative estimate of drug-likeness (QED) is 0.848. The summed E-state index contributed by atoms with van der Waals surface area (Å²) in [7, 11) is -0.0225. The van der Waals surface area contributed by atoms with Crippen LogP contribution in [-0.4, -0.2) is 46.5 Å². The van der Waals surface area contributed by atoms with E-state index in [1.165, 1.54) is 12.1 Å². The zero-order valence-corrected chi connectivity index (χ0v) is 13.2. The first-order valence-corrected chi connectivity index (χ1v) is 8.54. The van der Waals surface area contributed by atoms with Gasteiger partial charge in [0.05, 0.1) is 4.90 Å². The Kier molecular flexibility index (Phi) is 5.32. The van der Waals surface area contributed by atoms with Crippen LogP contribution in [0, 0.1) is 5.82 Å². The first-order valence-electron chi connectivity index (χ1n) is 7.06. The van der Waals surface area contributed by atoms with Crippen molar-refractivity contribution < 1.29 is 12.8 Å². The van der Waals surface area contributed by atoms with Gasteiger partial charge in [-0.05, 0) is 51.2 Å². The molecule has 2 rings (SSSR count). The molecule has 1 atom stereocenters. The number of likely N-dealkylation sites (N-methyl/N-ethyl adjacent to an activating group) is 1. The van der Waals surface area contributed by atoms with Gasteiger partial charge in [0.2, 0.25) is 10.0 Å². The first-order chi connectivity index (χ1) is 9.92. The summed E-state index contributed by atoms with van der Waals surface area (Å²) in [4.78, 5) is 2.11. The number of likely N-dealkylation sites (tertiary alicyclic amines) is 1.